The van der Waals surface area contributed by atoms with E-state index in [4.69, 9.17) is 4.42 Å². The summed E-state index contributed by atoms with van der Waals surface area (Å²) in [5.41, 5.74) is 14.0. The fraction of sp³-hybridized carbons (Fsp3) is 0. The molecule has 0 saturated heterocycles. The normalized spacial score (nSPS) is 6.83. The van der Waals surface area contributed by atoms with Gasteiger partial charge in [0.05, 0.1) is 0 Å². The van der Waals surface area contributed by atoms with Crippen molar-refractivity contribution in [2.45, 2.75) is 0 Å². The van der Waals surface area contributed by atoms with E-state index in [9.17, 15) is 0 Å². The van der Waals surface area contributed by atoms with Crippen molar-refractivity contribution >= 4 is 91.8 Å². The van der Waals surface area contributed by atoms with Crippen LogP contribution in [0, 0.1) is 0 Å². The zero-order valence-corrected chi connectivity index (χ0v) is 15.5. The van der Waals surface area contributed by atoms with Gasteiger partial charge in [0.1, 0.15) is 0 Å². The van der Waals surface area contributed by atoms with Crippen LogP contribution in [0.15, 0.2) is 16.9 Å². The number of nitrogens with two attached hydrogens (primary N) is 3. The molecule has 18 heavy (non-hydrogen) atoms. The summed E-state index contributed by atoms with van der Waals surface area (Å²) >= 11 is 26.5. The first kappa shape index (κ1) is 23.3. The first-order valence-corrected chi connectivity index (χ1v) is 7.00. The van der Waals surface area contributed by atoms with Crippen molar-refractivity contribution in [2.75, 3.05) is 0 Å². The van der Waals surface area contributed by atoms with Gasteiger partial charge in [-0.15, -0.1) is 0 Å². The topological polar surface area (TPSA) is 104 Å². The van der Waals surface area contributed by atoms with Crippen LogP contribution in [-0.4, -0.2) is 17.9 Å². The molecule has 1 heterocycles. The molecule has 0 unspecified atom stereocenters. The predicted molar refractivity (Wildman–Crippen MR) is 88.6 cm³/mol. The quantitative estimate of drug-likeness (QED) is 0.268. The molecule has 100 valence electrons. The Hall–Kier alpha value is 0.228. The molecule has 1 aromatic rings. The van der Waals surface area contributed by atoms with Crippen LogP contribution in [0.1, 0.15) is 0 Å². The Labute approximate surface area is 149 Å². The van der Waals surface area contributed by atoms with Gasteiger partial charge < -0.3 is 91.7 Å². The predicted octanol–water partition coefficient (Wildman–Crippen LogP) is -0.823. The van der Waals surface area contributed by atoms with Crippen LogP contribution in [0.5, 0.6) is 0 Å². The zero-order valence-electron chi connectivity index (χ0n) is 8.60. The van der Waals surface area contributed by atoms with Crippen molar-refractivity contribution < 1.29 is 24.2 Å². The van der Waals surface area contributed by atoms with Crippen molar-refractivity contribution in [1.29, 1.82) is 0 Å². The molecule has 1 aromatic heterocycles. The average Bonchev–Trinajstić information content (AvgIpc) is 2.51. The average molecular weight is 440 g/mol. The molecule has 0 radical (unpaired) electrons. The van der Waals surface area contributed by atoms with Gasteiger partial charge in [0.2, 0.25) is 0 Å². The van der Waals surface area contributed by atoms with Crippen LogP contribution >= 0.6 is 36.7 Å². The number of nitrogens with zero attached hydrogens (tertiary/aromatic N) is 1. The van der Waals surface area contributed by atoms with Gasteiger partial charge in [-0.05, 0) is 0 Å². The van der Waals surface area contributed by atoms with E-state index in [0.29, 0.717) is 0 Å². The van der Waals surface area contributed by atoms with Crippen LogP contribution in [0.25, 0.3) is 0 Å². The second-order valence-electron chi connectivity index (χ2n) is 1.76. The Kier molecular flexibility index (Phi) is 22.3. The Morgan fingerprint density at radius 3 is 1.39 bits per heavy atom. The number of oxazole rings is 1. The van der Waals surface area contributed by atoms with E-state index < -0.39 is 0 Å². The van der Waals surface area contributed by atoms with E-state index in [-0.39, 0.29) is 13.0 Å². The number of rotatable bonds is 0. The fourth-order valence-corrected chi connectivity index (χ4v) is 0.497. The van der Waals surface area contributed by atoms with E-state index >= 15 is 0 Å². The van der Waals surface area contributed by atoms with Crippen LogP contribution in [0.4, 0.5) is 0 Å². The summed E-state index contributed by atoms with van der Waals surface area (Å²) in [6.07, 6.45) is 3.18. The van der Waals surface area contributed by atoms with Gasteiger partial charge in [0.25, 0.3) is 0 Å². The molecule has 0 amide bonds. The molecule has 0 spiro atoms. The fourth-order valence-electron chi connectivity index (χ4n) is 0.210. The Morgan fingerprint density at radius 2 is 1.33 bits per heavy atom. The molecule has 0 atom stereocenters. The molecule has 5 nitrogen and oxygen atoms in total. The van der Waals surface area contributed by atoms with Gasteiger partial charge in [-0.2, -0.15) is 0 Å². The summed E-state index contributed by atoms with van der Waals surface area (Å²) in [5, 5.41) is 0. The molecular formula is C6H8MoN4OS6. The SMILES string of the molecule is NC(=S)[S-].NC(=S)[S-].NC(=S)[S-].[Mo+3][c]1ncco1. The first-order valence-electron chi connectivity index (χ1n) is 3.55. The van der Waals surface area contributed by atoms with Gasteiger partial charge in [-0.1, -0.05) is 13.0 Å². The third-order valence-electron chi connectivity index (χ3n) is 0.410. The Morgan fingerprint density at radius 1 is 1.06 bits per heavy atom. The van der Waals surface area contributed by atoms with E-state index in [0.717, 1.165) is 4.28 Å². The van der Waals surface area contributed by atoms with E-state index in [1.54, 1.807) is 32.3 Å². The molecular weight excluding hydrogens is 432 g/mol. The number of hydrogen-bond donors (Lipinski definition) is 3. The monoisotopic (exact) mass is 442 g/mol. The zero-order chi connectivity index (χ0) is 15.1. The summed E-state index contributed by atoms with van der Waals surface area (Å²) < 4.78 is 5.70. The Bertz CT molecular complexity index is 305. The molecule has 12 heteroatoms. The second kappa shape index (κ2) is 17.2. The third-order valence-corrected chi connectivity index (χ3v) is 0.905. The summed E-state index contributed by atoms with van der Waals surface area (Å²) in [5.74, 6) is 0. The maximum absolute atomic E-state index is 4.73. The van der Waals surface area contributed by atoms with Crippen molar-refractivity contribution in [3.8, 4) is 0 Å². The van der Waals surface area contributed by atoms with Crippen LogP contribution in [0.3, 0.4) is 0 Å². The van der Waals surface area contributed by atoms with E-state index in [1.807, 2.05) is 0 Å². The third kappa shape index (κ3) is 72.0. The second-order valence-corrected chi connectivity index (χ2v) is 6.03. The van der Waals surface area contributed by atoms with Gasteiger partial charge >= 0.3 is 46.0 Å². The van der Waals surface area contributed by atoms with Gasteiger partial charge in [-0.25, -0.2) is 0 Å². The van der Waals surface area contributed by atoms with Gasteiger partial charge in [-0.3, -0.25) is 0 Å². The van der Waals surface area contributed by atoms with Crippen molar-refractivity contribution in [3.05, 3.63) is 12.5 Å². The molecule has 0 aromatic carbocycles. The summed E-state index contributed by atoms with van der Waals surface area (Å²) in [6.45, 7) is 0. The molecule has 6 N–H and O–H groups in total. The summed E-state index contributed by atoms with van der Waals surface area (Å²) in [4.78, 5) is 3.75. The molecule has 0 bridgehead atoms. The standard InChI is InChI=1S/C3H2NO.3CH3NS2.Mo/c1-2-5-3-4-1;3*2-1(3)4;/h1-2H;3*(H3,2,3,4);/q;;;;+3/p-3. The van der Waals surface area contributed by atoms with E-state index in [2.05, 4.69) is 96.7 Å². The summed E-state index contributed by atoms with van der Waals surface area (Å²) in [7, 11) is 0. The number of hydrogen-bond acceptors (Lipinski definition) is 8. The maximum atomic E-state index is 4.73. The van der Waals surface area contributed by atoms with E-state index in [1.165, 1.54) is 0 Å². The first-order chi connectivity index (χ1) is 8.09. The molecule has 0 aliphatic rings. The van der Waals surface area contributed by atoms with Crippen LogP contribution < -0.4 is 21.5 Å². The van der Waals surface area contributed by atoms with Crippen molar-refractivity contribution in [3.63, 3.8) is 0 Å². The molecule has 0 aliphatic carbocycles. The van der Waals surface area contributed by atoms with Crippen LogP contribution in [-0.2, 0) is 57.7 Å². The minimum atomic E-state index is 0.0833. The van der Waals surface area contributed by atoms with Gasteiger partial charge in [0.15, 0.2) is 0 Å². The van der Waals surface area contributed by atoms with Gasteiger partial charge in [0, 0.05) is 0 Å². The Balaban J connectivity index is -0.000000171. The molecule has 0 aliphatic heterocycles. The van der Waals surface area contributed by atoms with Crippen molar-refractivity contribution in [2.24, 2.45) is 17.2 Å². The molecule has 1 rings (SSSR count). The van der Waals surface area contributed by atoms with Crippen LogP contribution in [0.2, 0.25) is 0 Å². The number of thiocarbonyl (C=S) groups is 3. The minimum absolute atomic E-state index is 0.0833. The molecule has 0 fully saturated rings. The molecule has 0 saturated carbocycles. The summed E-state index contributed by atoms with van der Waals surface area (Å²) in [6, 6.07) is 0. The van der Waals surface area contributed by atoms with Crippen molar-refractivity contribution in [1.82, 2.24) is 4.98 Å². The number of aromatic nitrogens is 1.